The van der Waals surface area contributed by atoms with Crippen LogP contribution in [0.3, 0.4) is 0 Å². The van der Waals surface area contributed by atoms with Crippen molar-refractivity contribution in [2.24, 2.45) is 0 Å². The fourth-order valence-corrected chi connectivity index (χ4v) is 6.80. The molecule has 0 fully saturated rings. The molecule has 0 aliphatic heterocycles. The normalized spacial score (nSPS) is 12.1. The summed E-state index contributed by atoms with van der Waals surface area (Å²) in [6.07, 6.45) is 0. The summed E-state index contributed by atoms with van der Waals surface area (Å²) in [5, 5.41) is 12.0. The fraction of sp³-hybridized carbons (Fsp3) is 0.211. The summed E-state index contributed by atoms with van der Waals surface area (Å²) in [5.41, 5.74) is 2.85. The Morgan fingerprint density at radius 1 is 0.612 bits per heavy atom. The lowest BCUT2D eigenvalue weighted by atomic mass is 10.0. The zero-order chi connectivity index (χ0) is 35.6. The van der Waals surface area contributed by atoms with Gasteiger partial charge in [-0.3, -0.25) is 0 Å². The molecule has 0 saturated heterocycles. The van der Waals surface area contributed by atoms with Crippen LogP contribution in [0.1, 0.15) is 56.1 Å². The number of hydrogen-bond acceptors (Lipinski definition) is 9. The summed E-state index contributed by atoms with van der Waals surface area (Å²) in [7, 11) is -7.93. The standard InChI is InChI=1S/C19H19NO4S.C19H19NO3S/c1-13-8-10-15(11-9-13)25(22,23)24-17-12-14-6-4-5-7-16(14)20-18(17)19(2,3)21;1-13(2)19-18(12-15-6-4-5-7-17(15)20-19)23-24(21,22)16-10-8-14(3)9-11-16/h4-12,21H,1-3H3;4-13H,1-3H3. The first-order valence-electron chi connectivity index (χ1n) is 15.6. The van der Waals surface area contributed by atoms with E-state index >= 15 is 0 Å². The molecule has 0 aliphatic rings. The van der Waals surface area contributed by atoms with Crippen LogP contribution in [-0.2, 0) is 25.8 Å². The van der Waals surface area contributed by atoms with Gasteiger partial charge in [-0.2, -0.15) is 16.8 Å². The van der Waals surface area contributed by atoms with Crippen molar-refractivity contribution in [3.05, 3.63) is 132 Å². The molecular formula is C38H38N2O7S2. The maximum absolute atomic E-state index is 12.6. The van der Waals surface area contributed by atoms with Crippen LogP contribution in [0, 0.1) is 13.8 Å². The van der Waals surface area contributed by atoms with Crippen LogP contribution < -0.4 is 8.37 Å². The molecule has 0 radical (unpaired) electrons. The van der Waals surface area contributed by atoms with Gasteiger partial charge < -0.3 is 13.5 Å². The number of hydrogen-bond donors (Lipinski definition) is 1. The largest absolute Gasteiger partial charge is 0.384 e. The van der Waals surface area contributed by atoms with E-state index in [0.717, 1.165) is 27.4 Å². The van der Waals surface area contributed by atoms with Crippen molar-refractivity contribution in [2.45, 2.75) is 62.9 Å². The molecule has 2 heterocycles. The molecule has 0 atom stereocenters. The number of aliphatic hydroxyl groups is 1. The van der Waals surface area contributed by atoms with Crippen molar-refractivity contribution in [1.29, 1.82) is 0 Å². The number of pyridine rings is 2. The molecular weight excluding hydrogens is 661 g/mol. The zero-order valence-electron chi connectivity index (χ0n) is 28.1. The van der Waals surface area contributed by atoms with E-state index in [0.29, 0.717) is 11.2 Å². The van der Waals surface area contributed by atoms with E-state index in [1.54, 1.807) is 54.6 Å². The van der Waals surface area contributed by atoms with Crippen molar-refractivity contribution in [1.82, 2.24) is 9.97 Å². The average Bonchev–Trinajstić information content (AvgIpc) is 3.04. The lowest BCUT2D eigenvalue weighted by molar-refractivity contribution is 0.0724. The Bertz CT molecular complexity index is 2330. The van der Waals surface area contributed by atoms with Gasteiger partial charge in [-0.05, 0) is 82.1 Å². The second kappa shape index (κ2) is 13.9. The first-order chi connectivity index (χ1) is 23.0. The Kier molecular flexibility index (Phi) is 10.1. The molecule has 0 saturated carbocycles. The van der Waals surface area contributed by atoms with Crippen molar-refractivity contribution in [3.63, 3.8) is 0 Å². The highest BCUT2D eigenvalue weighted by Gasteiger charge is 2.28. The van der Waals surface area contributed by atoms with Gasteiger partial charge in [-0.25, -0.2) is 9.97 Å². The first kappa shape index (κ1) is 35.5. The highest BCUT2D eigenvalue weighted by Crippen LogP contribution is 2.34. The molecule has 0 aliphatic carbocycles. The monoisotopic (exact) mass is 698 g/mol. The predicted molar refractivity (Wildman–Crippen MR) is 191 cm³/mol. The highest BCUT2D eigenvalue weighted by atomic mass is 32.2. The second-order valence-electron chi connectivity index (χ2n) is 12.5. The minimum absolute atomic E-state index is 0.0202. The summed E-state index contributed by atoms with van der Waals surface area (Å²) in [6, 6.07) is 31.1. The molecule has 0 bridgehead atoms. The third kappa shape index (κ3) is 8.43. The number of aromatic nitrogens is 2. The molecule has 1 N–H and O–H groups in total. The van der Waals surface area contributed by atoms with Gasteiger partial charge >= 0.3 is 20.2 Å². The summed E-state index contributed by atoms with van der Waals surface area (Å²) in [6.45, 7) is 10.8. The van der Waals surface area contributed by atoms with E-state index in [1.807, 2.05) is 70.2 Å². The molecule has 254 valence electrons. The van der Waals surface area contributed by atoms with E-state index in [4.69, 9.17) is 8.37 Å². The van der Waals surface area contributed by atoms with E-state index in [2.05, 4.69) is 9.97 Å². The molecule has 4 aromatic carbocycles. The van der Waals surface area contributed by atoms with Crippen molar-refractivity contribution in [3.8, 4) is 11.5 Å². The van der Waals surface area contributed by atoms with Crippen LogP contribution in [0.15, 0.2) is 119 Å². The van der Waals surface area contributed by atoms with Gasteiger partial charge in [-0.15, -0.1) is 0 Å². The minimum atomic E-state index is -4.03. The number of fused-ring (bicyclic) bond motifs is 2. The molecule has 11 heteroatoms. The number of nitrogens with zero attached hydrogens (tertiary/aromatic N) is 2. The van der Waals surface area contributed by atoms with E-state index in [-0.39, 0.29) is 32.9 Å². The van der Waals surface area contributed by atoms with Crippen LogP contribution in [0.25, 0.3) is 21.8 Å². The summed E-state index contributed by atoms with van der Waals surface area (Å²) in [5.74, 6) is 0.342. The van der Waals surface area contributed by atoms with E-state index in [9.17, 15) is 21.9 Å². The maximum Gasteiger partial charge on any atom is 0.339 e. The predicted octanol–water partition coefficient (Wildman–Crippen LogP) is 7.97. The molecule has 49 heavy (non-hydrogen) atoms. The van der Waals surface area contributed by atoms with Gasteiger partial charge in [0.1, 0.15) is 21.1 Å². The topological polar surface area (TPSA) is 133 Å². The van der Waals surface area contributed by atoms with Gasteiger partial charge in [0.15, 0.2) is 11.5 Å². The fourth-order valence-electron chi connectivity index (χ4n) is 4.93. The zero-order valence-corrected chi connectivity index (χ0v) is 29.7. The lowest BCUT2D eigenvalue weighted by Crippen LogP contribution is -2.21. The van der Waals surface area contributed by atoms with Crippen LogP contribution >= 0.6 is 0 Å². The van der Waals surface area contributed by atoms with Crippen molar-refractivity contribution in [2.75, 3.05) is 0 Å². The quantitative estimate of drug-likeness (QED) is 0.157. The third-order valence-corrected chi connectivity index (χ3v) is 10.0. The number of para-hydroxylation sites is 2. The Balaban J connectivity index is 0.000000191. The smallest absolute Gasteiger partial charge is 0.339 e. The second-order valence-corrected chi connectivity index (χ2v) is 15.6. The Labute approximate surface area is 287 Å². The van der Waals surface area contributed by atoms with Gasteiger partial charge in [0, 0.05) is 10.8 Å². The Hall–Kier alpha value is -4.84. The van der Waals surface area contributed by atoms with Gasteiger partial charge in [-0.1, -0.05) is 85.6 Å². The highest BCUT2D eigenvalue weighted by molar-refractivity contribution is 7.87. The van der Waals surface area contributed by atoms with E-state index in [1.165, 1.54) is 26.0 Å². The number of aryl methyl sites for hydroxylation is 2. The van der Waals surface area contributed by atoms with Crippen LogP contribution in [0.2, 0.25) is 0 Å². The Morgan fingerprint density at radius 3 is 1.47 bits per heavy atom. The van der Waals surface area contributed by atoms with E-state index < -0.39 is 25.8 Å². The molecule has 0 unspecified atom stereocenters. The summed E-state index contributed by atoms with van der Waals surface area (Å²) in [4.78, 5) is 9.16. The maximum atomic E-state index is 12.6. The SMILES string of the molecule is Cc1ccc(S(=O)(=O)Oc2cc3ccccc3nc2C(C)(C)O)cc1.Cc1ccc(S(=O)(=O)Oc2cc3ccccc3nc2C(C)C)cc1. The van der Waals surface area contributed by atoms with Crippen molar-refractivity contribution < 1.29 is 30.3 Å². The number of benzene rings is 4. The van der Waals surface area contributed by atoms with Gasteiger partial charge in [0.25, 0.3) is 0 Å². The van der Waals surface area contributed by atoms with Crippen molar-refractivity contribution >= 4 is 42.0 Å². The Morgan fingerprint density at radius 2 is 1.02 bits per heavy atom. The summed E-state index contributed by atoms with van der Waals surface area (Å²) >= 11 is 0. The molecule has 6 rings (SSSR count). The average molecular weight is 699 g/mol. The first-order valence-corrected chi connectivity index (χ1v) is 18.4. The van der Waals surface area contributed by atoms with Gasteiger partial charge in [0.05, 0.1) is 16.7 Å². The van der Waals surface area contributed by atoms with Crippen LogP contribution in [-0.4, -0.2) is 31.9 Å². The lowest BCUT2D eigenvalue weighted by Gasteiger charge is -2.21. The molecule has 0 spiro atoms. The number of rotatable bonds is 8. The molecule has 2 aromatic heterocycles. The van der Waals surface area contributed by atoms with Crippen LogP contribution in [0.4, 0.5) is 0 Å². The molecule has 6 aromatic rings. The molecule has 0 amide bonds. The molecule has 9 nitrogen and oxygen atoms in total. The minimum Gasteiger partial charge on any atom is -0.384 e. The van der Waals surface area contributed by atoms with Gasteiger partial charge in [0.2, 0.25) is 0 Å². The third-order valence-electron chi connectivity index (χ3n) is 7.55. The van der Waals surface area contributed by atoms with Crippen LogP contribution in [0.5, 0.6) is 11.5 Å². The summed E-state index contributed by atoms with van der Waals surface area (Å²) < 4.78 is 61.1.